The minimum atomic E-state index is -0.994. The number of hydrogen-bond acceptors (Lipinski definition) is 5. The van der Waals surface area contributed by atoms with E-state index in [0.717, 1.165) is 75.3 Å². The van der Waals surface area contributed by atoms with Gasteiger partial charge in [-0.05, 0) is 69.4 Å². The zero-order valence-corrected chi connectivity index (χ0v) is 21.6. The molecule has 0 bridgehead atoms. The summed E-state index contributed by atoms with van der Waals surface area (Å²) in [6.45, 7) is 8.07. The molecule has 1 aliphatic carbocycles. The molecule has 2 amide bonds. The van der Waals surface area contributed by atoms with Crippen molar-refractivity contribution in [2.45, 2.75) is 64.1 Å². The molecule has 5 rings (SSSR count). The highest BCUT2D eigenvalue weighted by atomic mass is 19.2. The Hall–Kier alpha value is -3.07. The number of halogens is 2. The molecule has 1 atom stereocenters. The van der Waals surface area contributed by atoms with Gasteiger partial charge in [0.25, 0.3) is 11.8 Å². The number of aromatic nitrogens is 1. The molecule has 1 saturated carbocycles. The Balaban J connectivity index is 1.18. The van der Waals surface area contributed by atoms with Crippen LogP contribution in [-0.2, 0) is 0 Å². The fourth-order valence-corrected chi connectivity index (χ4v) is 5.65. The summed E-state index contributed by atoms with van der Waals surface area (Å²) >= 11 is 0. The average molecular weight is 512 g/mol. The number of anilines is 1. The van der Waals surface area contributed by atoms with E-state index in [9.17, 15) is 18.4 Å². The zero-order chi connectivity index (χ0) is 26.1. The van der Waals surface area contributed by atoms with Crippen molar-refractivity contribution in [3.05, 3.63) is 58.9 Å². The summed E-state index contributed by atoms with van der Waals surface area (Å²) in [6, 6.07) is 8.26. The molecule has 9 heteroatoms. The standard InChI is InChI=1S/C28H35F2N5O2/c1-3-21-17-34(26-9-8-25(31-18(26)2)27(36)32-20-5-6-20)14-15-35(21)22-10-12-33(13-11-22)28(37)19-4-7-23(29)24(30)16-19/h4,7-9,16,20-22H,3,5-6,10-15,17H2,1-2H3,(H,32,36)/t21-/m0/s1. The maximum absolute atomic E-state index is 13.6. The van der Waals surface area contributed by atoms with E-state index in [0.29, 0.717) is 36.9 Å². The monoisotopic (exact) mass is 511 g/mol. The minimum absolute atomic E-state index is 0.0946. The first-order chi connectivity index (χ1) is 17.8. The Bertz CT molecular complexity index is 1160. The third-order valence-electron chi connectivity index (χ3n) is 7.93. The summed E-state index contributed by atoms with van der Waals surface area (Å²) in [7, 11) is 0. The van der Waals surface area contributed by atoms with E-state index < -0.39 is 11.6 Å². The summed E-state index contributed by atoms with van der Waals surface area (Å²) in [6.07, 6.45) is 4.83. The second kappa shape index (κ2) is 10.7. The first-order valence-electron chi connectivity index (χ1n) is 13.4. The lowest BCUT2D eigenvalue weighted by atomic mass is 9.97. The number of nitrogens with one attached hydrogen (secondary N) is 1. The number of nitrogens with zero attached hydrogens (tertiary/aromatic N) is 4. The molecule has 198 valence electrons. The van der Waals surface area contributed by atoms with Gasteiger partial charge < -0.3 is 15.1 Å². The predicted molar refractivity (Wildman–Crippen MR) is 138 cm³/mol. The van der Waals surface area contributed by atoms with Gasteiger partial charge in [-0.1, -0.05) is 6.92 Å². The number of piperazine rings is 1. The maximum atomic E-state index is 13.6. The molecule has 1 aromatic heterocycles. The third-order valence-corrected chi connectivity index (χ3v) is 7.93. The molecule has 7 nitrogen and oxygen atoms in total. The number of benzene rings is 1. The Labute approximate surface area is 216 Å². The number of pyridine rings is 1. The minimum Gasteiger partial charge on any atom is -0.367 e. The number of carbonyl (C=O) groups is 2. The normalized spacial score (nSPS) is 21.2. The smallest absolute Gasteiger partial charge is 0.270 e. The molecule has 1 N–H and O–H groups in total. The SMILES string of the molecule is CC[C@H]1CN(c2ccc(C(=O)NC3CC3)nc2C)CCN1C1CCN(C(=O)c2ccc(F)c(F)c2)CC1. The zero-order valence-electron chi connectivity index (χ0n) is 21.6. The molecule has 1 aromatic carbocycles. The molecule has 0 radical (unpaired) electrons. The summed E-state index contributed by atoms with van der Waals surface area (Å²) in [5.74, 6) is -2.28. The highest BCUT2D eigenvalue weighted by Gasteiger charge is 2.35. The average Bonchev–Trinajstić information content (AvgIpc) is 3.73. The van der Waals surface area contributed by atoms with Gasteiger partial charge in [0.05, 0.1) is 11.4 Å². The Morgan fingerprint density at radius 2 is 1.76 bits per heavy atom. The van der Waals surface area contributed by atoms with Crippen molar-refractivity contribution in [1.29, 1.82) is 0 Å². The van der Waals surface area contributed by atoms with Gasteiger partial charge >= 0.3 is 0 Å². The van der Waals surface area contributed by atoms with Crippen LogP contribution in [0.4, 0.5) is 14.5 Å². The van der Waals surface area contributed by atoms with Crippen molar-refractivity contribution in [3.63, 3.8) is 0 Å². The van der Waals surface area contributed by atoms with Crippen molar-refractivity contribution in [2.24, 2.45) is 0 Å². The van der Waals surface area contributed by atoms with Crippen molar-refractivity contribution < 1.29 is 18.4 Å². The van der Waals surface area contributed by atoms with Gasteiger partial charge in [-0.2, -0.15) is 0 Å². The van der Waals surface area contributed by atoms with Crippen LogP contribution in [-0.4, -0.2) is 77.4 Å². The van der Waals surface area contributed by atoms with E-state index in [4.69, 9.17) is 0 Å². The van der Waals surface area contributed by atoms with Crippen LogP contribution in [0.3, 0.4) is 0 Å². The second-order valence-electron chi connectivity index (χ2n) is 10.4. The first-order valence-corrected chi connectivity index (χ1v) is 13.4. The number of likely N-dealkylation sites (tertiary alicyclic amines) is 1. The Kier molecular flexibility index (Phi) is 7.42. The van der Waals surface area contributed by atoms with Gasteiger partial charge in [-0.3, -0.25) is 14.5 Å². The van der Waals surface area contributed by atoms with Crippen LogP contribution in [0.25, 0.3) is 0 Å². The quantitative estimate of drug-likeness (QED) is 0.640. The molecule has 2 aliphatic heterocycles. The van der Waals surface area contributed by atoms with E-state index in [-0.39, 0.29) is 17.4 Å². The first kappa shape index (κ1) is 25.6. The summed E-state index contributed by atoms with van der Waals surface area (Å²) in [5, 5.41) is 3.00. The molecular weight excluding hydrogens is 476 g/mol. The molecular formula is C28H35F2N5O2. The maximum Gasteiger partial charge on any atom is 0.270 e. The number of hydrogen-bond donors (Lipinski definition) is 1. The van der Waals surface area contributed by atoms with Gasteiger partial charge in [-0.15, -0.1) is 0 Å². The molecule has 0 spiro atoms. The lowest BCUT2D eigenvalue weighted by Gasteiger charge is -2.48. The van der Waals surface area contributed by atoms with Gasteiger partial charge in [-0.25, -0.2) is 13.8 Å². The van der Waals surface area contributed by atoms with Crippen molar-refractivity contribution >= 4 is 17.5 Å². The summed E-state index contributed by atoms with van der Waals surface area (Å²) < 4.78 is 26.9. The van der Waals surface area contributed by atoms with E-state index in [1.54, 1.807) is 4.90 Å². The fraction of sp³-hybridized carbons (Fsp3) is 0.536. The molecule has 2 saturated heterocycles. The van der Waals surface area contributed by atoms with Crippen LogP contribution in [0.1, 0.15) is 65.6 Å². The van der Waals surface area contributed by atoms with Gasteiger partial charge in [0.15, 0.2) is 11.6 Å². The van der Waals surface area contributed by atoms with Gasteiger partial charge in [0, 0.05) is 56.4 Å². The summed E-state index contributed by atoms with van der Waals surface area (Å²) in [4.78, 5) is 36.5. The third kappa shape index (κ3) is 5.61. The van der Waals surface area contributed by atoms with E-state index in [1.165, 1.54) is 6.07 Å². The van der Waals surface area contributed by atoms with Crippen molar-refractivity contribution in [1.82, 2.24) is 20.1 Å². The Morgan fingerprint density at radius 3 is 2.41 bits per heavy atom. The molecule has 3 aliphatic rings. The van der Waals surface area contributed by atoms with Crippen LogP contribution in [0.5, 0.6) is 0 Å². The van der Waals surface area contributed by atoms with E-state index >= 15 is 0 Å². The summed E-state index contributed by atoms with van der Waals surface area (Å²) in [5.41, 5.74) is 2.62. The van der Waals surface area contributed by atoms with Crippen LogP contribution >= 0.6 is 0 Å². The molecule has 0 unspecified atom stereocenters. The van der Waals surface area contributed by atoms with Crippen molar-refractivity contribution in [2.75, 3.05) is 37.6 Å². The van der Waals surface area contributed by atoms with Crippen LogP contribution in [0.15, 0.2) is 30.3 Å². The van der Waals surface area contributed by atoms with Crippen LogP contribution in [0.2, 0.25) is 0 Å². The van der Waals surface area contributed by atoms with Crippen molar-refractivity contribution in [3.8, 4) is 0 Å². The lowest BCUT2D eigenvalue weighted by Crippen LogP contribution is -2.58. The van der Waals surface area contributed by atoms with Gasteiger partial charge in [0.2, 0.25) is 0 Å². The number of rotatable bonds is 6. The Morgan fingerprint density at radius 1 is 1.00 bits per heavy atom. The largest absolute Gasteiger partial charge is 0.367 e. The van der Waals surface area contributed by atoms with E-state index in [2.05, 4.69) is 27.0 Å². The molecule has 3 fully saturated rings. The highest BCUT2D eigenvalue weighted by Crippen LogP contribution is 2.28. The fourth-order valence-electron chi connectivity index (χ4n) is 5.65. The second-order valence-corrected chi connectivity index (χ2v) is 10.4. The van der Waals surface area contributed by atoms with Crippen LogP contribution in [0, 0.1) is 18.6 Å². The molecule has 37 heavy (non-hydrogen) atoms. The molecule has 3 heterocycles. The number of amides is 2. The number of carbonyl (C=O) groups excluding carboxylic acids is 2. The van der Waals surface area contributed by atoms with Crippen LogP contribution < -0.4 is 10.2 Å². The topological polar surface area (TPSA) is 68.8 Å². The lowest BCUT2D eigenvalue weighted by molar-refractivity contribution is 0.0491. The number of piperidine rings is 1. The number of aryl methyl sites for hydroxylation is 1. The highest BCUT2D eigenvalue weighted by molar-refractivity contribution is 5.94. The molecule has 2 aromatic rings. The van der Waals surface area contributed by atoms with E-state index in [1.807, 2.05) is 19.1 Å². The predicted octanol–water partition coefficient (Wildman–Crippen LogP) is 3.77. The van der Waals surface area contributed by atoms with Gasteiger partial charge in [0.1, 0.15) is 5.69 Å².